The zero-order valence-electron chi connectivity index (χ0n) is 11.5. The van der Waals surface area contributed by atoms with Gasteiger partial charge in [0, 0.05) is 5.56 Å². The number of hydrogen-bond acceptors (Lipinski definition) is 4. The number of alkyl carbamates (subject to hydrolysis) is 1. The van der Waals surface area contributed by atoms with Crippen molar-refractivity contribution >= 4 is 35.0 Å². The van der Waals surface area contributed by atoms with Gasteiger partial charge < -0.3 is 15.2 Å². The molecule has 5 nitrogen and oxygen atoms in total. The molecule has 1 heterocycles. The molecule has 116 valence electrons. The molecule has 22 heavy (non-hydrogen) atoms. The molecule has 0 aliphatic carbocycles. The molecule has 2 rings (SSSR count). The maximum Gasteiger partial charge on any atom is 0.407 e. The van der Waals surface area contributed by atoms with Crippen LogP contribution in [0, 0.1) is 0 Å². The van der Waals surface area contributed by atoms with Crippen LogP contribution in [0.5, 0.6) is 0 Å². The summed E-state index contributed by atoms with van der Waals surface area (Å²) in [7, 11) is 0. The van der Waals surface area contributed by atoms with Crippen LogP contribution >= 0.6 is 22.9 Å². The van der Waals surface area contributed by atoms with Crippen LogP contribution in [0.2, 0.25) is 4.34 Å². The second kappa shape index (κ2) is 7.82. The number of carbonyl (C=O) groups is 2. The van der Waals surface area contributed by atoms with Gasteiger partial charge in [-0.15, -0.1) is 11.3 Å². The van der Waals surface area contributed by atoms with E-state index < -0.39 is 18.1 Å². The van der Waals surface area contributed by atoms with Gasteiger partial charge in [-0.1, -0.05) is 41.9 Å². The van der Waals surface area contributed by atoms with E-state index in [1.54, 1.807) is 11.4 Å². The van der Waals surface area contributed by atoms with Crippen LogP contribution in [-0.2, 0) is 16.1 Å². The molecule has 0 saturated carbocycles. The Morgan fingerprint density at radius 2 is 2.00 bits per heavy atom. The van der Waals surface area contributed by atoms with E-state index >= 15 is 0 Å². The third kappa shape index (κ3) is 4.75. The summed E-state index contributed by atoms with van der Waals surface area (Å²) < 4.78 is 5.55. The van der Waals surface area contributed by atoms with Crippen molar-refractivity contribution < 1.29 is 19.4 Å². The number of halogens is 1. The van der Waals surface area contributed by atoms with E-state index in [1.165, 1.54) is 11.3 Å². The first-order chi connectivity index (χ1) is 10.6. The Morgan fingerprint density at radius 1 is 1.27 bits per heavy atom. The van der Waals surface area contributed by atoms with E-state index in [2.05, 4.69) is 5.32 Å². The summed E-state index contributed by atoms with van der Waals surface area (Å²) >= 11 is 7.29. The van der Waals surface area contributed by atoms with Crippen LogP contribution in [0.4, 0.5) is 4.79 Å². The van der Waals surface area contributed by atoms with Crippen molar-refractivity contribution in [3.05, 3.63) is 57.2 Å². The number of nitrogens with one attached hydrogen (secondary N) is 1. The highest BCUT2D eigenvalue weighted by atomic mass is 35.5. The third-order valence-corrected chi connectivity index (χ3v) is 4.11. The molecule has 0 fully saturated rings. The van der Waals surface area contributed by atoms with Gasteiger partial charge in [0.1, 0.15) is 6.61 Å². The molecule has 0 bridgehead atoms. The van der Waals surface area contributed by atoms with Crippen molar-refractivity contribution in [2.45, 2.75) is 19.1 Å². The fourth-order valence-corrected chi connectivity index (χ4v) is 2.90. The Balaban J connectivity index is 1.96. The van der Waals surface area contributed by atoms with Crippen molar-refractivity contribution in [2.75, 3.05) is 0 Å². The van der Waals surface area contributed by atoms with Gasteiger partial charge in [0.05, 0.1) is 16.8 Å². The number of rotatable bonds is 6. The van der Waals surface area contributed by atoms with Crippen LogP contribution in [0.25, 0.3) is 0 Å². The summed E-state index contributed by atoms with van der Waals surface area (Å²) in [6.45, 7) is 0.115. The van der Waals surface area contributed by atoms with Gasteiger partial charge in [-0.3, -0.25) is 4.79 Å². The topological polar surface area (TPSA) is 75.6 Å². The van der Waals surface area contributed by atoms with E-state index in [1.807, 2.05) is 30.3 Å². The first-order valence-electron chi connectivity index (χ1n) is 6.48. The molecule has 7 heteroatoms. The van der Waals surface area contributed by atoms with Crippen LogP contribution in [0.1, 0.15) is 23.6 Å². The average molecular weight is 340 g/mol. The SMILES string of the molecule is O=C(O)C[C@H](NC(=O)OCc1ccccc1)c1ccsc1Cl. The van der Waals surface area contributed by atoms with E-state index in [0.717, 1.165) is 5.56 Å². The standard InChI is InChI=1S/C15H14ClNO4S/c16-14-11(6-7-22-14)12(8-13(18)19)17-15(20)21-9-10-4-2-1-3-5-10/h1-7,12H,8-9H2,(H,17,20)(H,18,19)/t12-/m0/s1. The summed E-state index contributed by atoms with van der Waals surface area (Å²) in [5.74, 6) is -1.03. The minimum atomic E-state index is -1.03. The number of hydrogen-bond donors (Lipinski definition) is 2. The van der Waals surface area contributed by atoms with Crippen LogP contribution < -0.4 is 5.32 Å². The normalized spacial score (nSPS) is 11.7. The number of thiophene rings is 1. The number of carboxylic acids is 1. The third-order valence-electron chi connectivity index (χ3n) is 2.91. The quantitative estimate of drug-likeness (QED) is 0.838. The summed E-state index contributed by atoms with van der Waals surface area (Å²) in [6.07, 6.45) is -0.950. The Morgan fingerprint density at radius 3 is 2.59 bits per heavy atom. The summed E-state index contributed by atoms with van der Waals surface area (Å²) in [5, 5.41) is 13.2. The van der Waals surface area contributed by atoms with Gasteiger partial charge >= 0.3 is 12.1 Å². The lowest BCUT2D eigenvalue weighted by Crippen LogP contribution is -2.30. The minimum absolute atomic E-state index is 0.115. The highest BCUT2D eigenvalue weighted by Gasteiger charge is 2.21. The number of aliphatic carboxylic acids is 1. The summed E-state index contributed by atoms with van der Waals surface area (Å²) in [6, 6.07) is 10.2. The largest absolute Gasteiger partial charge is 0.481 e. The molecule has 1 atom stereocenters. The van der Waals surface area contributed by atoms with Crippen molar-refractivity contribution in [3.63, 3.8) is 0 Å². The zero-order valence-corrected chi connectivity index (χ0v) is 13.1. The summed E-state index contributed by atoms with van der Waals surface area (Å²) in [5.41, 5.74) is 1.42. The zero-order chi connectivity index (χ0) is 15.9. The Hall–Kier alpha value is -2.05. The number of carboxylic acid groups (broad SMARTS) is 1. The van der Waals surface area contributed by atoms with Crippen molar-refractivity contribution in [1.82, 2.24) is 5.32 Å². The molecule has 0 aliphatic heterocycles. The monoisotopic (exact) mass is 339 g/mol. The van der Waals surface area contributed by atoms with Crippen molar-refractivity contribution in [2.24, 2.45) is 0 Å². The second-order valence-corrected chi connectivity index (χ2v) is 6.02. The molecular formula is C15H14ClNO4S. The molecule has 0 radical (unpaired) electrons. The lowest BCUT2D eigenvalue weighted by molar-refractivity contribution is -0.137. The first-order valence-corrected chi connectivity index (χ1v) is 7.74. The lowest BCUT2D eigenvalue weighted by Gasteiger charge is -2.16. The number of carbonyl (C=O) groups excluding carboxylic acids is 1. The highest BCUT2D eigenvalue weighted by molar-refractivity contribution is 7.14. The maximum absolute atomic E-state index is 11.8. The van der Waals surface area contributed by atoms with Gasteiger partial charge in [0.2, 0.25) is 0 Å². The average Bonchev–Trinajstić information content (AvgIpc) is 2.91. The molecule has 0 unspecified atom stereocenters. The van der Waals surface area contributed by atoms with Gasteiger partial charge in [0.15, 0.2) is 0 Å². The van der Waals surface area contributed by atoms with Crippen LogP contribution in [0.15, 0.2) is 41.8 Å². The van der Waals surface area contributed by atoms with Crippen LogP contribution in [0.3, 0.4) is 0 Å². The minimum Gasteiger partial charge on any atom is -0.481 e. The van der Waals surface area contributed by atoms with Gasteiger partial charge in [0.25, 0.3) is 0 Å². The highest BCUT2D eigenvalue weighted by Crippen LogP contribution is 2.30. The molecule has 2 N–H and O–H groups in total. The fourth-order valence-electron chi connectivity index (χ4n) is 1.87. The Labute approximate surface area is 136 Å². The lowest BCUT2D eigenvalue weighted by atomic mass is 10.1. The number of ether oxygens (including phenoxy) is 1. The number of amides is 1. The predicted octanol–water partition coefficient (Wildman–Crippen LogP) is 3.84. The summed E-state index contributed by atoms with van der Waals surface area (Å²) in [4.78, 5) is 22.8. The fraction of sp³-hybridized carbons (Fsp3) is 0.200. The van der Waals surface area contributed by atoms with E-state index in [4.69, 9.17) is 21.4 Å². The molecule has 1 aromatic carbocycles. The Bertz CT molecular complexity index is 644. The predicted molar refractivity (Wildman–Crippen MR) is 84.1 cm³/mol. The van der Waals surface area contributed by atoms with Crippen molar-refractivity contribution in [1.29, 1.82) is 0 Å². The molecule has 1 amide bonds. The van der Waals surface area contributed by atoms with E-state index in [9.17, 15) is 9.59 Å². The molecule has 0 spiro atoms. The van der Waals surface area contributed by atoms with Gasteiger partial charge in [-0.2, -0.15) is 0 Å². The molecule has 0 aliphatic rings. The second-order valence-electron chi connectivity index (χ2n) is 4.51. The molecule has 2 aromatic rings. The van der Waals surface area contributed by atoms with E-state index in [0.29, 0.717) is 9.90 Å². The molecular weight excluding hydrogens is 326 g/mol. The number of benzene rings is 1. The molecule has 0 saturated heterocycles. The van der Waals surface area contributed by atoms with Gasteiger partial charge in [-0.25, -0.2) is 4.79 Å². The smallest absolute Gasteiger partial charge is 0.407 e. The Kier molecular flexibility index (Phi) is 5.80. The maximum atomic E-state index is 11.8. The van der Waals surface area contributed by atoms with Crippen LogP contribution in [-0.4, -0.2) is 17.2 Å². The van der Waals surface area contributed by atoms with Gasteiger partial charge in [-0.05, 0) is 17.0 Å². The van der Waals surface area contributed by atoms with E-state index in [-0.39, 0.29) is 13.0 Å². The first kappa shape index (κ1) is 16.3. The van der Waals surface area contributed by atoms with Crippen molar-refractivity contribution in [3.8, 4) is 0 Å². The molecule has 1 aromatic heterocycles.